The molecule has 0 aromatic rings. The number of ketones is 1. The van der Waals surface area contributed by atoms with Crippen LogP contribution in [0, 0.1) is 0 Å². The molecule has 0 saturated heterocycles. The summed E-state index contributed by atoms with van der Waals surface area (Å²) in [4.78, 5) is 20.3. The number of rotatable bonds is 3. The van der Waals surface area contributed by atoms with E-state index in [2.05, 4.69) is 4.74 Å². The number of ether oxygens (including phenoxy) is 1. The Bertz CT molecular complexity index is 126. The topological polar surface area (TPSA) is 43.4 Å². The van der Waals surface area contributed by atoms with Gasteiger partial charge < -0.3 is 4.74 Å². The largest absolute Gasteiger partial charge is 0.454 e. The third-order valence-corrected chi connectivity index (χ3v) is 1.19. The molecule has 52 valence electrons. The number of hydrogen-bond donors (Lipinski definition) is 0. The van der Waals surface area contributed by atoms with Gasteiger partial charge in [0.05, 0.1) is 0 Å². The maximum Gasteiger partial charge on any atom is 0.294 e. The van der Waals surface area contributed by atoms with Gasteiger partial charge in [0.15, 0.2) is 11.4 Å². The molecule has 3 heteroatoms. The fraction of sp³-hybridized carbons (Fsp3) is 0.667. The zero-order chi connectivity index (χ0) is 7.49. The zero-order valence-corrected chi connectivity index (χ0v) is 5.80. The number of carbonyl (C=O) groups is 2. The normalized spacial score (nSPS) is 10.6. The van der Waals surface area contributed by atoms with Gasteiger partial charge in [-0.15, -0.1) is 0 Å². The first-order valence-corrected chi connectivity index (χ1v) is 2.63. The van der Waals surface area contributed by atoms with Crippen molar-refractivity contribution in [1.82, 2.24) is 0 Å². The first-order chi connectivity index (χ1) is 4.00. The summed E-state index contributed by atoms with van der Waals surface area (Å²) < 4.78 is 4.46. The number of hydrogen-bond acceptors (Lipinski definition) is 3. The SMILES string of the molecule is CC(=O)C(C)(C)OC=O. The first-order valence-electron chi connectivity index (χ1n) is 2.63. The van der Waals surface area contributed by atoms with Crippen molar-refractivity contribution in [1.29, 1.82) is 0 Å². The highest BCUT2D eigenvalue weighted by Crippen LogP contribution is 2.07. The van der Waals surface area contributed by atoms with Crippen molar-refractivity contribution in [3.63, 3.8) is 0 Å². The van der Waals surface area contributed by atoms with Crippen molar-refractivity contribution in [2.75, 3.05) is 0 Å². The molecule has 3 nitrogen and oxygen atoms in total. The van der Waals surface area contributed by atoms with E-state index in [0.717, 1.165) is 0 Å². The molecule has 0 amide bonds. The average Bonchev–Trinajstić information content (AvgIpc) is 1.65. The van der Waals surface area contributed by atoms with Gasteiger partial charge in [-0.25, -0.2) is 0 Å². The van der Waals surface area contributed by atoms with Crippen LogP contribution in [0.25, 0.3) is 0 Å². The van der Waals surface area contributed by atoms with E-state index in [1.807, 2.05) is 0 Å². The quantitative estimate of drug-likeness (QED) is 0.523. The van der Waals surface area contributed by atoms with Gasteiger partial charge in [0.25, 0.3) is 6.47 Å². The highest BCUT2D eigenvalue weighted by Gasteiger charge is 2.24. The Morgan fingerprint density at radius 2 is 2.00 bits per heavy atom. The van der Waals surface area contributed by atoms with Crippen molar-refractivity contribution < 1.29 is 14.3 Å². The van der Waals surface area contributed by atoms with Crippen LogP contribution in [0.2, 0.25) is 0 Å². The minimum Gasteiger partial charge on any atom is -0.454 e. The molecule has 0 rings (SSSR count). The minimum atomic E-state index is -0.957. The second-order valence-corrected chi connectivity index (χ2v) is 2.28. The summed E-state index contributed by atoms with van der Waals surface area (Å²) in [6.07, 6.45) is 0. The van der Waals surface area contributed by atoms with Crippen LogP contribution in [0.5, 0.6) is 0 Å². The van der Waals surface area contributed by atoms with Gasteiger partial charge in [-0.05, 0) is 20.8 Å². The molecular formula is C6H10O3. The molecule has 0 radical (unpaired) electrons. The van der Waals surface area contributed by atoms with Gasteiger partial charge in [-0.1, -0.05) is 0 Å². The van der Waals surface area contributed by atoms with Gasteiger partial charge in [-0.2, -0.15) is 0 Å². The van der Waals surface area contributed by atoms with Crippen LogP contribution in [0.3, 0.4) is 0 Å². The molecule has 0 N–H and O–H groups in total. The molecule has 0 saturated carbocycles. The Kier molecular flexibility index (Phi) is 2.37. The van der Waals surface area contributed by atoms with Crippen molar-refractivity contribution in [3.8, 4) is 0 Å². The van der Waals surface area contributed by atoms with Gasteiger partial charge >= 0.3 is 0 Å². The van der Waals surface area contributed by atoms with Crippen LogP contribution in [-0.4, -0.2) is 17.9 Å². The molecule has 0 spiro atoms. The second kappa shape index (κ2) is 2.62. The lowest BCUT2D eigenvalue weighted by Gasteiger charge is -2.17. The number of Topliss-reactive ketones (excluding diaryl/α,β-unsaturated/α-hetero) is 1. The molecule has 0 heterocycles. The highest BCUT2D eigenvalue weighted by atomic mass is 16.5. The summed E-state index contributed by atoms with van der Waals surface area (Å²) in [6.45, 7) is 4.75. The molecule has 0 bridgehead atoms. The van der Waals surface area contributed by atoms with Crippen LogP contribution < -0.4 is 0 Å². The van der Waals surface area contributed by atoms with Gasteiger partial charge in [0, 0.05) is 0 Å². The van der Waals surface area contributed by atoms with Crippen molar-refractivity contribution in [3.05, 3.63) is 0 Å². The second-order valence-electron chi connectivity index (χ2n) is 2.28. The Labute approximate surface area is 54.0 Å². The predicted molar refractivity (Wildman–Crippen MR) is 31.9 cm³/mol. The third kappa shape index (κ3) is 2.26. The molecular weight excluding hydrogens is 120 g/mol. The Morgan fingerprint density at radius 3 is 2.11 bits per heavy atom. The van der Waals surface area contributed by atoms with E-state index in [-0.39, 0.29) is 12.3 Å². The zero-order valence-electron chi connectivity index (χ0n) is 5.80. The monoisotopic (exact) mass is 130 g/mol. The van der Waals surface area contributed by atoms with Crippen LogP contribution in [0.4, 0.5) is 0 Å². The Hall–Kier alpha value is -0.860. The van der Waals surface area contributed by atoms with E-state index in [4.69, 9.17) is 0 Å². The average molecular weight is 130 g/mol. The fourth-order valence-electron chi connectivity index (χ4n) is 0.203. The fourth-order valence-corrected chi connectivity index (χ4v) is 0.203. The van der Waals surface area contributed by atoms with Gasteiger partial charge in [0.2, 0.25) is 0 Å². The maximum absolute atomic E-state index is 10.6. The summed E-state index contributed by atoms with van der Waals surface area (Å²) in [5.74, 6) is -0.158. The maximum atomic E-state index is 10.6. The highest BCUT2D eigenvalue weighted by molar-refractivity contribution is 5.84. The van der Waals surface area contributed by atoms with Crippen LogP contribution >= 0.6 is 0 Å². The van der Waals surface area contributed by atoms with E-state index < -0.39 is 5.60 Å². The Balaban J connectivity index is 4.00. The van der Waals surface area contributed by atoms with Crippen LogP contribution in [-0.2, 0) is 14.3 Å². The standard InChI is InChI=1S/C6H10O3/c1-5(8)6(2,3)9-4-7/h4H,1-3H3. The summed E-state index contributed by atoms with van der Waals surface area (Å²) in [5, 5.41) is 0. The number of carbonyl (C=O) groups excluding carboxylic acids is 2. The van der Waals surface area contributed by atoms with E-state index in [1.165, 1.54) is 6.92 Å². The molecule has 0 aliphatic rings. The molecule has 0 aliphatic heterocycles. The lowest BCUT2D eigenvalue weighted by molar-refractivity contribution is -0.151. The third-order valence-electron chi connectivity index (χ3n) is 1.19. The van der Waals surface area contributed by atoms with Gasteiger partial charge in [0.1, 0.15) is 0 Å². The summed E-state index contributed by atoms with van der Waals surface area (Å²) in [6, 6.07) is 0. The van der Waals surface area contributed by atoms with Crippen molar-refractivity contribution in [2.45, 2.75) is 26.4 Å². The van der Waals surface area contributed by atoms with Crippen molar-refractivity contribution >= 4 is 12.3 Å². The molecule has 0 aromatic carbocycles. The Morgan fingerprint density at radius 1 is 1.56 bits per heavy atom. The van der Waals surface area contributed by atoms with Gasteiger partial charge in [-0.3, -0.25) is 9.59 Å². The van der Waals surface area contributed by atoms with Crippen molar-refractivity contribution in [2.24, 2.45) is 0 Å². The summed E-state index contributed by atoms with van der Waals surface area (Å²) in [7, 11) is 0. The van der Waals surface area contributed by atoms with E-state index in [0.29, 0.717) is 0 Å². The molecule has 9 heavy (non-hydrogen) atoms. The van der Waals surface area contributed by atoms with Crippen LogP contribution in [0.1, 0.15) is 20.8 Å². The van der Waals surface area contributed by atoms with E-state index in [9.17, 15) is 9.59 Å². The molecule has 0 aliphatic carbocycles. The molecule has 0 aromatic heterocycles. The summed E-state index contributed by atoms with van der Waals surface area (Å²) >= 11 is 0. The minimum absolute atomic E-state index is 0.158. The lowest BCUT2D eigenvalue weighted by atomic mass is 10.1. The van der Waals surface area contributed by atoms with E-state index >= 15 is 0 Å². The predicted octanol–water partition coefficient (Wildman–Crippen LogP) is 0.527. The van der Waals surface area contributed by atoms with Crippen LogP contribution in [0.15, 0.2) is 0 Å². The molecule has 0 unspecified atom stereocenters. The molecule has 0 fully saturated rings. The lowest BCUT2D eigenvalue weighted by Crippen LogP contribution is -2.32. The first kappa shape index (κ1) is 8.14. The molecule has 0 atom stereocenters. The van der Waals surface area contributed by atoms with E-state index in [1.54, 1.807) is 13.8 Å². The summed E-state index contributed by atoms with van der Waals surface area (Å²) in [5.41, 5.74) is -0.957. The smallest absolute Gasteiger partial charge is 0.294 e.